The predicted molar refractivity (Wildman–Crippen MR) is 80.2 cm³/mol. The molecule has 2 N–H and O–H groups in total. The first-order valence-electron chi connectivity index (χ1n) is 6.15. The number of carbonyl (C=O) groups is 1. The highest BCUT2D eigenvalue weighted by Crippen LogP contribution is 2.25. The van der Waals surface area contributed by atoms with Crippen molar-refractivity contribution in [3.63, 3.8) is 0 Å². The molecule has 100 valence electrons. The molecule has 0 aliphatic carbocycles. The summed E-state index contributed by atoms with van der Waals surface area (Å²) in [4.78, 5) is 19.5. The number of nitrogens with one attached hydrogen (secondary N) is 2. The van der Waals surface area contributed by atoms with E-state index in [1.807, 2.05) is 31.3 Å². The summed E-state index contributed by atoms with van der Waals surface area (Å²) in [5.74, 6) is -0.201. The fraction of sp³-hybridized carbons (Fsp3) is 0.0667. The van der Waals surface area contributed by atoms with Crippen LogP contribution < -0.4 is 5.32 Å². The average Bonchev–Trinajstić information content (AvgIpc) is 2.91. The van der Waals surface area contributed by atoms with Crippen LogP contribution in [0.3, 0.4) is 0 Å². The van der Waals surface area contributed by atoms with Crippen molar-refractivity contribution in [2.75, 3.05) is 5.32 Å². The number of nitrogens with zero attached hydrogens (tertiary/aromatic N) is 1. The second-order valence-electron chi connectivity index (χ2n) is 4.49. The monoisotopic (exact) mass is 285 g/mol. The van der Waals surface area contributed by atoms with Crippen LogP contribution in [0.2, 0.25) is 5.15 Å². The number of fused-ring (bicyclic) bond motifs is 1. The minimum atomic E-state index is -0.201. The smallest absolute Gasteiger partial charge is 0.256 e. The zero-order valence-corrected chi connectivity index (χ0v) is 11.5. The highest BCUT2D eigenvalue weighted by molar-refractivity contribution is 6.33. The number of amides is 1. The van der Waals surface area contributed by atoms with E-state index in [-0.39, 0.29) is 5.91 Å². The number of carbonyl (C=O) groups excluding carboxylic acids is 1. The van der Waals surface area contributed by atoms with E-state index in [0.29, 0.717) is 16.4 Å². The third kappa shape index (κ3) is 2.14. The molecule has 0 spiro atoms. The Morgan fingerprint density at radius 1 is 1.30 bits per heavy atom. The Balaban J connectivity index is 2.00. The maximum atomic E-state index is 12.4. The highest BCUT2D eigenvalue weighted by atomic mass is 35.5. The number of halogens is 1. The first kappa shape index (κ1) is 12.7. The highest BCUT2D eigenvalue weighted by Gasteiger charge is 2.13. The van der Waals surface area contributed by atoms with Crippen molar-refractivity contribution in [3.8, 4) is 0 Å². The van der Waals surface area contributed by atoms with E-state index in [0.717, 1.165) is 16.5 Å². The molecule has 0 atom stereocenters. The summed E-state index contributed by atoms with van der Waals surface area (Å²) in [6.45, 7) is 1.88. The lowest BCUT2D eigenvalue weighted by molar-refractivity contribution is 0.102. The second kappa shape index (κ2) is 4.98. The quantitative estimate of drug-likeness (QED) is 0.704. The van der Waals surface area contributed by atoms with Crippen LogP contribution in [0.15, 0.2) is 42.7 Å². The van der Waals surface area contributed by atoms with Crippen LogP contribution in [0.1, 0.15) is 15.9 Å². The summed E-state index contributed by atoms with van der Waals surface area (Å²) in [6, 6.07) is 9.23. The number of aromatic nitrogens is 2. The van der Waals surface area contributed by atoms with Crippen molar-refractivity contribution in [1.29, 1.82) is 0 Å². The molecule has 0 fully saturated rings. The Kier molecular flexibility index (Phi) is 3.16. The van der Waals surface area contributed by atoms with Crippen molar-refractivity contribution >= 4 is 34.1 Å². The average molecular weight is 286 g/mol. The topological polar surface area (TPSA) is 57.8 Å². The van der Waals surface area contributed by atoms with Gasteiger partial charge in [-0.05, 0) is 36.8 Å². The molecule has 0 aliphatic heterocycles. The lowest BCUT2D eigenvalue weighted by Crippen LogP contribution is -2.13. The molecule has 3 aromatic rings. The second-order valence-corrected chi connectivity index (χ2v) is 4.85. The van der Waals surface area contributed by atoms with Gasteiger partial charge in [-0.15, -0.1) is 0 Å². The minimum Gasteiger partial charge on any atom is -0.361 e. The summed E-state index contributed by atoms with van der Waals surface area (Å²) < 4.78 is 0. The third-order valence-electron chi connectivity index (χ3n) is 3.19. The van der Waals surface area contributed by atoms with Gasteiger partial charge in [0.2, 0.25) is 0 Å². The van der Waals surface area contributed by atoms with Crippen molar-refractivity contribution in [2.45, 2.75) is 6.92 Å². The molecule has 0 unspecified atom stereocenters. The van der Waals surface area contributed by atoms with E-state index < -0.39 is 0 Å². The van der Waals surface area contributed by atoms with Gasteiger partial charge >= 0.3 is 0 Å². The molecule has 1 amide bonds. The predicted octanol–water partition coefficient (Wildman–Crippen LogP) is 3.78. The van der Waals surface area contributed by atoms with Gasteiger partial charge in [-0.1, -0.05) is 17.7 Å². The normalized spacial score (nSPS) is 10.7. The molecule has 1 aromatic carbocycles. The Bertz CT molecular complexity index is 774. The van der Waals surface area contributed by atoms with Crippen molar-refractivity contribution in [3.05, 3.63) is 59.0 Å². The number of pyridine rings is 1. The lowest BCUT2D eigenvalue weighted by atomic mass is 10.1. The molecule has 0 bridgehead atoms. The van der Waals surface area contributed by atoms with E-state index in [2.05, 4.69) is 15.3 Å². The van der Waals surface area contributed by atoms with E-state index in [9.17, 15) is 4.79 Å². The van der Waals surface area contributed by atoms with E-state index in [1.54, 1.807) is 18.3 Å². The summed E-state index contributed by atoms with van der Waals surface area (Å²) in [7, 11) is 0. The molecule has 2 heterocycles. The van der Waals surface area contributed by atoms with E-state index in [4.69, 9.17) is 11.6 Å². The molecule has 5 heteroatoms. The number of H-pyrrole nitrogens is 1. The van der Waals surface area contributed by atoms with Gasteiger partial charge in [0, 0.05) is 28.9 Å². The van der Waals surface area contributed by atoms with Gasteiger partial charge in [0.05, 0.1) is 5.69 Å². The number of rotatable bonds is 2. The largest absolute Gasteiger partial charge is 0.361 e. The molecule has 0 radical (unpaired) electrons. The Hall–Kier alpha value is -2.33. The van der Waals surface area contributed by atoms with Crippen LogP contribution >= 0.6 is 11.6 Å². The zero-order chi connectivity index (χ0) is 14.1. The Morgan fingerprint density at radius 2 is 2.15 bits per heavy atom. The van der Waals surface area contributed by atoms with Crippen molar-refractivity contribution in [1.82, 2.24) is 9.97 Å². The zero-order valence-electron chi connectivity index (χ0n) is 10.8. The van der Waals surface area contributed by atoms with E-state index >= 15 is 0 Å². The van der Waals surface area contributed by atoms with Crippen molar-refractivity contribution < 1.29 is 4.79 Å². The summed E-state index contributed by atoms with van der Waals surface area (Å²) >= 11 is 6.03. The summed E-state index contributed by atoms with van der Waals surface area (Å²) in [5, 5.41) is 4.00. The van der Waals surface area contributed by atoms with Crippen LogP contribution in [-0.2, 0) is 0 Å². The minimum absolute atomic E-state index is 0.201. The van der Waals surface area contributed by atoms with Gasteiger partial charge in [-0.2, -0.15) is 0 Å². The molecular weight excluding hydrogens is 274 g/mol. The molecule has 20 heavy (non-hydrogen) atoms. The van der Waals surface area contributed by atoms with Gasteiger partial charge in [-0.3, -0.25) is 4.79 Å². The Labute approximate surface area is 120 Å². The molecule has 4 nitrogen and oxygen atoms in total. The molecular formula is C15H12ClN3O. The van der Waals surface area contributed by atoms with Crippen molar-refractivity contribution in [2.24, 2.45) is 0 Å². The number of hydrogen-bond acceptors (Lipinski definition) is 2. The third-order valence-corrected chi connectivity index (χ3v) is 3.48. The lowest BCUT2D eigenvalue weighted by Gasteiger charge is -2.10. The number of aryl methyl sites for hydroxylation is 1. The van der Waals surface area contributed by atoms with Crippen LogP contribution in [0.5, 0.6) is 0 Å². The fourth-order valence-corrected chi connectivity index (χ4v) is 2.39. The van der Waals surface area contributed by atoms with Gasteiger partial charge in [0.25, 0.3) is 5.91 Å². The maximum Gasteiger partial charge on any atom is 0.256 e. The molecule has 2 aromatic heterocycles. The number of hydrogen-bond donors (Lipinski definition) is 2. The number of anilines is 1. The number of aromatic amines is 1. The first-order chi connectivity index (χ1) is 9.66. The maximum absolute atomic E-state index is 12.4. The molecule has 0 saturated carbocycles. The number of benzene rings is 1. The molecule has 0 saturated heterocycles. The van der Waals surface area contributed by atoms with Crippen LogP contribution in [-0.4, -0.2) is 15.9 Å². The van der Waals surface area contributed by atoms with Crippen LogP contribution in [0, 0.1) is 6.92 Å². The summed E-state index contributed by atoms with van der Waals surface area (Å²) in [6.07, 6.45) is 3.42. The summed E-state index contributed by atoms with van der Waals surface area (Å²) in [5.41, 5.74) is 2.95. The van der Waals surface area contributed by atoms with Gasteiger partial charge in [0.1, 0.15) is 0 Å². The standard InChI is InChI=1S/C15H12ClN3O/c1-9-5-7-18-14(16)13(9)19-15(20)11-3-2-4-12-10(11)6-8-17-12/h2-8,17H,1H3,(H,19,20). The van der Waals surface area contributed by atoms with Gasteiger partial charge in [-0.25, -0.2) is 4.98 Å². The Morgan fingerprint density at radius 3 is 2.95 bits per heavy atom. The van der Waals surface area contributed by atoms with Crippen LogP contribution in [0.25, 0.3) is 10.9 Å². The molecule has 3 rings (SSSR count). The fourth-order valence-electron chi connectivity index (χ4n) is 2.14. The first-order valence-corrected chi connectivity index (χ1v) is 6.53. The van der Waals surface area contributed by atoms with E-state index in [1.165, 1.54) is 0 Å². The van der Waals surface area contributed by atoms with Gasteiger partial charge < -0.3 is 10.3 Å². The molecule has 0 aliphatic rings. The van der Waals surface area contributed by atoms with Crippen LogP contribution in [0.4, 0.5) is 5.69 Å². The van der Waals surface area contributed by atoms with Gasteiger partial charge in [0.15, 0.2) is 5.15 Å². The SMILES string of the molecule is Cc1ccnc(Cl)c1NC(=O)c1cccc2[nH]ccc12.